The van der Waals surface area contributed by atoms with Gasteiger partial charge in [-0.1, -0.05) is 0 Å². The molecule has 2 saturated heterocycles. The van der Waals surface area contributed by atoms with Crippen LogP contribution in [-0.2, 0) is 9.47 Å². The average Bonchev–Trinajstić information content (AvgIpc) is 2.86. The fourth-order valence-electron chi connectivity index (χ4n) is 2.56. The van der Waals surface area contributed by atoms with E-state index in [0.717, 1.165) is 32.5 Å². The van der Waals surface area contributed by atoms with Gasteiger partial charge in [0, 0.05) is 19.3 Å². The molecule has 2 aliphatic rings. The second-order valence-corrected chi connectivity index (χ2v) is 4.84. The van der Waals surface area contributed by atoms with Gasteiger partial charge in [0.1, 0.15) is 0 Å². The smallest absolute Gasteiger partial charge is 0.0590 e. The van der Waals surface area contributed by atoms with E-state index in [1.165, 1.54) is 25.7 Å². The molecule has 0 spiro atoms. The van der Waals surface area contributed by atoms with Crippen LogP contribution in [-0.4, -0.2) is 31.5 Å². The Hall–Kier alpha value is -0.120. The first-order valence-corrected chi connectivity index (χ1v) is 6.33. The first-order chi connectivity index (χ1) is 7.34. The molecule has 3 atom stereocenters. The van der Waals surface area contributed by atoms with Crippen molar-refractivity contribution in [3.8, 4) is 0 Å². The molecule has 3 nitrogen and oxygen atoms in total. The highest BCUT2D eigenvalue weighted by molar-refractivity contribution is 4.74. The average molecular weight is 213 g/mol. The van der Waals surface area contributed by atoms with Crippen molar-refractivity contribution in [1.29, 1.82) is 0 Å². The van der Waals surface area contributed by atoms with Gasteiger partial charge in [-0.3, -0.25) is 0 Å². The van der Waals surface area contributed by atoms with E-state index in [4.69, 9.17) is 15.2 Å². The SMILES string of the molecule is NC(CCC1CCCO1)CC1CCCO1. The van der Waals surface area contributed by atoms with Crippen LogP contribution in [0.25, 0.3) is 0 Å². The third kappa shape index (κ3) is 3.74. The van der Waals surface area contributed by atoms with Crippen molar-refractivity contribution in [3.05, 3.63) is 0 Å². The first-order valence-electron chi connectivity index (χ1n) is 6.33. The van der Waals surface area contributed by atoms with Crippen LogP contribution in [0, 0.1) is 0 Å². The van der Waals surface area contributed by atoms with Crippen LogP contribution in [0.4, 0.5) is 0 Å². The number of nitrogens with two attached hydrogens (primary N) is 1. The normalized spacial score (nSPS) is 33.4. The summed E-state index contributed by atoms with van der Waals surface area (Å²) >= 11 is 0. The number of ether oxygens (including phenoxy) is 2. The van der Waals surface area contributed by atoms with Gasteiger partial charge in [-0.25, -0.2) is 0 Å². The maximum absolute atomic E-state index is 6.10. The van der Waals surface area contributed by atoms with E-state index in [9.17, 15) is 0 Å². The molecule has 2 heterocycles. The van der Waals surface area contributed by atoms with Crippen molar-refractivity contribution in [2.75, 3.05) is 13.2 Å². The molecule has 15 heavy (non-hydrogen) atoms. The Kier molecular flexibility index (Phi) is 4.42. The Morgan fingerprint density at radius 1 is 1.07 bits per heavy atom. The Labute approximate surface area is 92.3 Å². The molecule has 0 aliphatic carbocycles. The predicted octanol–water partition coefficient (Wildman–Crippen LogP) is 1.84. The van der Waals surface area contributed by atoms with Gasteiger partial charge in [0.05, 0.1) is 12.2 Å². The molecule has 0 amide bonds. The van der Waals surface area contributed by atoms with Crippen LogP contribution in [0.1, 0.15) is 44.9 Å². The van der Waals surface area contributed by atoms with E-state index < -0.39 is 0 Å². The second-order valence-electron chi connectivity index (χ2n) is 4.84. The Balaban J connectivity index is 1.57. The molecule has 2 fully saturated rings. The van der Waals surface area contributed by atoms with Crippen LogP contribution >= 0.6 is 0 Å². The summed E-state index contributed by atoms with van der Waals surface area (Å²) in [5.41, 5.74) is 6.10. The summed E-state index contributed by atoms with van der Waals surface area (Å²) in [4.78, 5) is 0. The quantitative estimate of drug-likeness (QED) is 0.758. The van der Waals surface area contributed by atoms with Crippen LogP contribution in [0.15, 0.2) is 0 Å². The van der Waals surface area contributed by atoms with Crippen molar-refractivity contribution in [2.24, 2.45) is 5.73 Å². The van der Waals surface area contributed by atoms with Gasteiger partial charge in [-0.05, 0) is 44.9 Å². The first kappa shape index (κ1) is 11.4. The lowest BCUT2D eigenvalue weighted by Crippen LogP contribution is -2.27. The van der Waals surface area contributed by atoms with Crippen LogP contribution in [0.5, 0.6) is 0 Å². The molecule has 0 aromatic heterocycles. The van der Waals surface area contributed by atoms with E-state index in [1.54, 1.807) is 0 Å². The van der Waals surface area contributed by atoms with E-state index in [2.05, 4.69) is 0 Å². The molecule has 0 aromatic rings. The fourth-order valence-corrected chi connectivity index (χ4v) is 2.56. The summed E-state index contributed by atoms with van der Waals surface area (Å²) in [6, 6.07) is 0.303. The molecule has 0 bridgehead atoms. The summed E-state index contributed by atoms with van der Waals surface area (Å²) in [6.45, 7) is 1.88. The highest BCUT2D eigenvalue weighted by atomic mass is 16.5. The molecule has 2 rings (SSSR count). The number of hydrogen-bond donors (Lipinski definition) is 1. The van der Waals surface area contributed by atoms with E-state index in [-0.39, 0.29) is 0 Å². The summed E-state index contributed by atoms with van der Waals surface area (Å²) in [5.74, 6) is 0. The topological polar surface area (TPSA) is 44.5 Å². The Morgan fingerprint density at radius 2 is 1.73 bits per heavy atom. The van der Waals surface area contributed by atoms with Crippen molar-refractivity contribution in [2.45, 2.75) is 63.2 Å². The molecule has 0 saturated carbocycles. The van der Waals surface area contributed by atoms with Gasteiger partial charge < -0.3 is 15.2 Å². The van der Waals surface area contributed by atoms with Crippen molar-refractivity contribution in [3.63, 3.8) is 0 Å². The Bertz CT molecular complexity index is 174. The third-order valence-corrected chi connectivity index (χ3v) is 3.47. The zero-order valence-electron chi connectivity index (χ0n) is 9.49. The molecule has 3 unspecified atom stereocenters. The van der Waals surface area contributed by atoms with E-state index >= 15 is 0 Å². The van der Waals surface area contributed by atoms with Crippen molar-refractivity contribution >= 4 is 0 Å². The summed E-state index contributed by atoms with van der Waals surface area (Å²) < 4.78 is 11.2. The minimum absolute atomic E-state index is 0.303. The number of hydrogen-bond acceptors (Lipinski definition) is 3. The molecular weight excluding hydrogens is 190 g/mol. The van der Waals surface area contributed by atoms with Crippen LogP contribution < -0.4 is 5.73 Å². The maximum Gasteiger partial charge on any atom is 0.0590 e. The molecule has 0 radical (unpaired) electrons. The van der Waals surface area contributed by atoms with E-state index in [1.807, 2.05) is 0 Å². The fraction of sp³-hybridized carbons (Fsp3) is 1.00. The highest BCUT2D eigenvalue weighted by Gasteiger charge is 2.20. The predicted molar refractivity (Wildman–Crippen MR) is 59.8 cm³/mol. The highest BCUT2D eigenvalue weighted by Crippen LogP contribution is 2.21. The standard InChI is InChI=1S/C12H23NO2/c13-10(9-12-4-2-8-15-12)5-6-11-3-1-7-14-11/h10-12H,1-9,13H2. The van der Waals surface area contributed by atoms with Gasteiger partial charge in [0.25, 0.3) is 0 Å². The second kappa shape index (κ2) is 5.83. The van der Waals surface area contributed by atoms with Gasteiger partial charge in [-0.15, -0.1) is 0 Å². The zero-order chi connectivity index (χ0) is 10.5. The summed E-state index contributed by atoms with van der Waals surface area (Å²) in [5, 5.41) is 0. The van der Waals surface area contributed by atoms with Crippen LogP contribution in [0.3, 0.4) is 0 Å². The van der Waals surface area contributed by atoms with Crippen molar-refractivity contribution in [1.82, 2.24) is 0 Å². The molecule has 2 N–H and O–H groups in total. The van der Waals surface area contributed by atoms with Gasteiger partial charge in [0.2, 0.25) is 0 Å². The Morgan fingerprint density at radius 3 is 2.33 bits per heavy atom. The summed E-state index contributed by atoms with van der Waals surface area (Å²) in [7, 11) is 0. The maximum atomic E-state index is 6.10. The lowest BCUT2D eigenvalue weighted by Gasteiger charge is -2.17. The lowest BCUT2D eigenvalue weighted by molar-refractivity contribution is 0.0859. The number of rotatable bonds is 5. The van der Waals surface area contributed by atoms with Crippen molar-refractivity contribution < 1.29 is 9.47 Å². The molecule has 2 aliphatic heterocycles. The molecule has 0 aromatic carbocycles. The lowest BCUT2D eigenvalue weighted by atomic mass is 10.0. The molecule has 3 heteroatoms. The van der Waals surface area contributed by atoms with Gasteiger partial charge in [0.15, 0.2) is 0 Å². The van der Waals surface area contributed by atoms with E-state index in [0.29, 0.717) is 18.2 Å². The molecular formula is C12H23NO2. The van der Waals surface area contributed by atoms with Crippen LogP contribution in [0.2, 0.25) is 0 Å². The molecule has 88 valence electrons. The van der Waals surface area contributed by atoms with Gasteiger partial charge >= 0.3 is 0 Å². The minimum atomic E-state index is 0.303. The summed E-state index contributed by atoms with van der Waals surface area (Å²) in [6.07, 6.45) is 9.05. The third-order valence-electron chi connectivity index (χ3n) is 3.47. The largest absolute Gasteiger partial charge is 0.378 e. The van der Waals surface area contributed by atoms with Gasteiger partial charge in [-0.2, -0.15) is 0 Å². The monoisotopic (exact) mass is 213 g/mol. The minimum Gasteiger partial charge on any atom is -0.378 e. The zero-order valence-corrected chi connectivity index (χ0v) is 9.49.